The maximum atomic E-state index is 14.7. The van der Waals surface area contributed by atoms with E-state index in [4.69, 9.17) is 0 Å². The fourth-order valence-corrected chi connectivity index (χ4v) is 3.78. The van der Waals surface area contributed by atoms with E-state index in [9.17, 15) is 31.9 Å². The van der Waals surface area contributed by atoms with E-state index in [1.54, 1.807) is 6.20 Å². The third kappa shape index (κ3) is 3.16. The van der Waals surface area contributed by atoms with Crippen molar-refractivity contribution in [1.82, 2.24) is 7.99 Å². The molecule has 11 heteroatoms. The van der Waals surface area contributed by atoms with Crippen LogP contribution in [0.25, 0.3) is 11.1 Å². The molecule has 0 bridgehead atoms. The molecule has 2 aromatic carbocycles. The van der Waals surface area contributed by atoms with Crippen LogP contribution in [0.5, 0.6) is 0 Å². The van der Waals surface area contributed by atoms with Crippen molar-refractivity contribution in [3.8, 4) is 11.1 Å². The summed E-state index contributed by atoms with van der Waals surface area (Å²) in [5.41, 5.74) is -4.13. The van der Waals surface area contributed by atoms with Crippen molar-refractivity contribution in [1.29, 1.82) is 0 Å². The Morgan fingerprint density at radius 1 is 1.10 bits per heavy atom. The average Bonchev–Trinajstić information content (AvgIpc) is 3.19. The van der Waals surface area contributed by atoms with Gasteiger partial charge in [0.25, 0.3) is 11.5 Å². The standard InChI is InChI=1S/C19H11F5IN3O2/c20-13-3-4-16-14(6-13)18(30,19(22,23)24)17(29)27(16)8-11-2-1-10(5-15(11)21)12-7-26-28(25)9-12/h1-7,9,30H,8H2. The molecule has 0 aliphatic carbocycles. The molecule has 30 heavy (non-hydrogen) atoms. The highest BCUT2D eigenvalue weighted by Gasteiger charge is 2.66. The van der Waals surface area contributed by atoms with Crippen molar-refractivity contribution in [3.63, 3.8) is 0 Å². The van der Waals surface area contributed by atoms with Gasteiger partial charge in [0.1, 0.15) is 11.6 Å². The number of anilines is 1. The predicted octanol–water partition coefficient (Wildman–Crippen LogP) is 4.32. The van der Waals surface area contributed by atoms with E-state index in [1.807, 2.05) is 22.9 Å². The Bertz CT molecular complexity index is 1160. The van der Waals surface area contributed by atoms with E-state index in [-0.39, 0.29) is 11.3 Å². The second-order valence-electron chi connectivity index (χ2n) is 6.68. The van der Waals surface area contributed by atoms with Crippen LogP contribution in [0.3, 0.4) is 0 Å². The highest BCUT2D eigenvalue weighted by Crippen LogP contribution is 2.50. The number of nitrogens with zero attached hydrogens (tertiary/aromatic N) is 3. The first-order chi connectivity index (χ1) is 14.0. The summed E-state index contributed by atoms with van der Waals surface area (Å²) >= 11 is 1.92. The summed E-state index contributed by atoms with van der Waals surface area (Å²) in [5.74, 6) is -3.52. The van der Waals surface area contributed by atoms with Crippen LogP contribution in [0.1, 0.15) is 11.1 Å². The fraction of sp³-hybridized carbons (Fsp3) is 0.158. The highest BCUT2D eigenvalue weighted by atomic mass is 127. The summed E-state index contributed by atoms with van der Waals surface area (Å²) in [5, 5.41) is 14.2. The van der Waals surface area contributed by atoms with Crippen LogP contribution in [0.2, 0.25) is 0 Å². The van der Waals surface area contributed by atoms with E-state index >= 15 is 0 Å². The molecule has 5 nitrogen and oxygen atoms in total. The van der Waals surface area contributed by atoms with Gasteiger partial charge in [0, 0.05) is 22.9 Å². The van der Waals surface area contributed by atoms with Gasteiger partial charge in [-0.1, -0.05) is 12.1 Å². The van der Waals surface area contributed by atoms with Gasteiger partial charge < -0.3 is 10.0 Å². The minimum atomic E-state index is -5.39. The van der Waals surface area contributed by atoms with Crippen molar-refractivity contribution in [3.05, 3.63) is 71.6 Å². The molecular formula is C19H11F5IN3O2. The van der Waals surface area contributed by atoms with Crippen molar-refractivity contribution >= 4 is 34.5 Å². The normalized spacial score (nSPS) is 18.8. The summed E-state index contributed by atoms with van der Waals surface area (Å²) in [6.45, 7) is -0.576. The van der Waals surface area contributed by atoms with Crippen LogP contribution in [0.15, 0.2) is 48.8 Å². The van der Waals surface area contributed by atoms with Gasteiger partial charge in [-0.15, -0.1) is 0 Å². The molecule has 0 saturated heterocycles. The maximum Gasteiger partial charge on any atom is 0.430 e. The molecule has 1 unspecified atom stereocenters. The van der Waals surface area contributed by atoms with Gasteiger partial charge in [-0.2, -0.15) is 18.3 Å². The van der Waals surface area contributed by atoms with E-state index in [1.165, 1.54) is 27.3 Å². The lowest BCUT2D eigenvalue weighted by Gasteiger charge is -2.25. The predicted molar refractivity (Wildman–Crippen MR) is 105 cm³/mol. The lowest BCUT2D eigenvalue weighted by Crippen LogP contribution is -2.50. The lowest BCUT2D eigenvalue weighted by molar-refractivity contribution is -0.253. The Morgan fingerprint density at radius 3 is 2.43 bits per heavy atom. The first kappa shape index (κ1) is 20.7. The molecule has 0 spiro atoms. The minimum absolute atomic E-state index is 0.0735. The zero-order valence-electron chi connectivity index (χ0n) is 14.8. The second-order valence-corrected chi connectivity index (χ2v) is 7.67. The molecule has 1 atom stereocenters. The number of hydrogen-bond donors (Lipinski definition) is 1. The van der Waals surface area contributed by atoms with Gasteiger partial charge in [0.2, 0.25) is 0 Å². The number of rotatable bonds is 3. The van der Waals surface area contributed by atoms with Crippen molar-refractivity contribution in [2.75, 3.05) is 4.90 Å². The van der Waals surface area contributed by atoms with E-state index in [0.29, 0.717) is 22.1 Å². The van der Waals surface area contributed by atoms with Gasteiger partial charge in [-0.25, -0.2) is 11.7 Å². The summed E-state index contributed by atoms with van der Waals surface area (Å²) in [4.78, 5) is 13.1. The second kappa shape index (κ2) is 7.01. The van der Waals surface area contributed by atoms with E-state index in [0.717, 1.165) is 12.1 Å². The molecule has 156 valence electrons. The Morgan fingerprint density at radius 2 is 1.83 bits per heavy atom. The van der Waals surface area contributed by atoms with Crippen molar-refractivity contribution in [2.45, 2.75) is 18.3 Å². The number of amides is 1. The molecular weight excluding hydrogens is 524 g/mol. The monoisotopic (exact) mass is 535 g/mol. The molecule has 1 amide bonds. The number of benzene rings is 2. The number of aliphatic hydroxyl groups is 1. The lowest BCUT2D eigenvalue weighted by atomic mass is 9.95. The molecule has 1 N–H and O–H groups in total. The van der Waals surface area contributed by atoms with Crippen molar-refractivity contribution < 1.29 is 31.9 Å². The average molecular weight is 535 g/mol. The minimum Gasteiger partial charge on any atom is -0.368 e. The van der Waals surface area contributed by atoms with Crippen LogP contribution in [0.4, 0.5) is 27.6 Å². The van der Waals surface area contributed by atoms with Gasteiger partial charge in [-0.05, 0) is 29.8 Å². The quantitative estimate of drug-likeness (QED) is 0.402. The summed E-state index contributed by atoms with van der Waals surface area (Å²) in [6.07, 6.45) is -2.23. The number of aromatic nitrogens is 2. The van der Waals surface area contributed by atoms with Gasteiger partial charge in [0.05, 0.1) is 41.3 Å². The fourth-order valence-electron chi connectivity index (χ4n) is 3.36. The third-order valence-electron chi connectivity index (χ3n) is 4.87. The Hall–Kier alpha value is -2.54. The van der Waals surface area contributed by atoms with Crippen LogP contribution in [0, 0.1) is 11.6 Å². The summed E-state index contributed by atoms with van der Waals surface area (Å²) < 4.78 is 70.4. The number of carbonyl (C=O) groups excluding carboxylic acids is 1. The summed E-state index contributed by atoms with van der Waals surface area (Å²) in [7, 11) is 0. The molecule has 3 aromatic rings. The molecule has 2 heterocycles. The number of carbonyl (C=O) groups is 1. The van der Waals surface area contributed by atoms with Gasteiger partial charge in [0.15, 0.2) is 0 Å². The largest absolute Gasteiger partial charge is 0.430 e. The van der Waals surface area contributed by atoms with E-state index in [2.05, 4.69) is 5.10 Å². The molecule has 0 saturated carbocycles. The molecule has 0 fully saturated rings. The number of hydrogen-bond acceptors (Lipinski definition) is 3. The Balaban J connectivity index is 1.73. The first-order valence-corrected chi connectivity index (χ1v) is 9.39. The number of halogens is 6. The van der Waals surface area contributed by atoms with Crippen LogP contribution in [-0.2, 0) is 16.9 Å². The first-order valence-electron chi connectivity index (χ1n) is 8.43. The molecule has 4 rings (SSSR count). The van der Waals surface area contributed by atoms with Crippen LogP contribution >= 0.6 is 22.9 Å². The van der Waals surface area contributed by atoms with Gasteiger partial charge in [-0.3, -0.25) is 4.79 Å². The molecule has 1 aliphatic heterocycles. The zero-order chi connectivity index (χ0) is 21.8. The molecule has 1 aromatic heterocycles. The third-order valence-corrected chi connectivity index (χ3v) is 5.40. The Labute approximate surface area is 180 Å². The number of alkyl halides is 3. The van der Waals surface area contributed by atoms with Crippen LogP contribution < -0.4 is 4.90 Å². The van der Waals surface area contributed by atoms with Crippen molar-refractivity contribution in [2.24, 2.45) is 0 Å². The zero-order valence-corrected chi connectivity index (χ0v) is 16.9. The van der Waals surface area contributed by atoms with Gasteiger partial charge >= 0.3 is 6.18 Å². The highest BCUT2D eigenvalue weighted by molar-refractivity contribution is 14.1. The van der Waals surface area contributed by atoms with Crippen LogP contribution in [-0.4, -0.2) is 25.2 Å². The van der Waals surface area contributed by atoms with E-state index < -0.39 is 41.4 Å². The molecule has 0 radical (unpaired) electrons. The molecule has 1 aliphatic rings. The maximum absolute atomic E-state index is 14.7. The Kier molecular flexibility index (Phi) is 4.84. The number of fused-ring (bicyclic) bond motifs is 1. The SMILES string of the molecule is O=C1N(Cc2ccc(-c3cnn(I)c3)cc2F)c2ccc(F)cc2C1(O)C(F)(F)F. The topological polar surface area (TPSA) is 58.4 Å². The smallest absolute Gasteiger partial charge is 0.368 e. The summed E-state index contributed by atoms with van der Waals surface area (Å²) in [6, 6.07) is 6.31.